The van der Waals surface area contributed by atoms with E-state index in [0.29, 0.717) is 12.8 Å². The van der Waals surface area contributed by atoms with Gasteiger partial charge in [-0.05, 0) is 49.0 Å². The summed E-state index contributed by atoms with van der Waals surface area (Å²) in [6, 6.07) is 7.85. The highest BCUT2D eigenvalue weighted by molar-refractivity contribution is 7.99. The highest BCUT2D eigenvalue weighted by Crippen LogP contribution is 2.28. The minimum Gasteiger partial charge on any atom is -0.380 e. The molecule has 0 bridgehead atoms. The Morgan fingerprint density at radius 2 is 2.18 bits per heavy atom. The minimum absolute atomic E-state index is 0.0880. The van der Waals surface area contributed by atoms with Crippen molar-refractivity contribution in [3.8, 4) is 0 Å². The number of thioether (sulfide) groups is 1. The Balaban J connectivity index is 1.58. The van der Waals surface area contributed by atoms with Crippen LogP contribution in [0.2, 0.25) is 5.02 Å². The first-order valence-corrected chi connectivity index (χ1v) is 9.22. The van der Waals surface area contributed by atoms with Crippen LogP contribution in [0.3, 0.4) is 0 Å². The van der Waals surface area contributed by atoms with Gasteiger partial charge in [0.1, 0.15) is 5.60 Å². The van der Waals surface area contributed by atoms with E-state index >= 15 is 0 Å². The smallest absolute Gasteiger partial charge is 0.252 e. The molecule has 1 atom stereocenters. The van der Waals surface area contributed by atoms with Gasteiger partial charge in [0, 0.05) is 29.8 Å². The predicted octanol–water partition coefficient (Wildman–Crippen LogP) is 2.29. The van der Waals surface area contributed by atoms with E-state index in [-0.39, 0.29) is 11.9 Å². The number of benzene rings is 1. The summed E-state index contributed by atoms with van der Waals surface area (Å²) in [6.07, 6.45) is 1.99. The molecule has 1 aromatic rings. The first-order valence-electron chi connectivity index (χ1n) is 7.68. The number of aliphatic hydroxyl groups is 1. The lowest BCUT2D eigenvalue weighted by molar-refractivity contribution is -0.141. The van der Waals surface area contributed by atoms with Gasteiger partial charge in [-0.3, -0.25) is 4.79 Å². The van der Waals surface area contributed by atoms with E-state index in [2.05, 4.69) is 10.2 Å². The van der Waals surface area contributed by atoms with Gasteiger partial charge in [-0.15, -0.1) is 0 Å². The number of amides is 1. The van der Waals surface area contributed by atoms with Gasteiger partial charge in [0.15, 0.2) is 0 Å². The van der Waals surface area contributed by atoms with Crippen LogP contribution in [0.1, 0.15) is 19.3 Å². The molecule has 0 radical (unpaired) electrons. The molecule has 1 unspecified atom stereocenters. The molecule has 1 amide bonds. The molecule has 2 fully saturated rings. The fourth-order valence-electron chi connectivity index (χ4n) is 3.04. The van der Waals surface area contributed by atoms with Gasteiger partial charge in [-0.1, -0.05) is 17.7 Å². The molecule has 6 heteroatoms. The molecule has 0 aliphatic carbocycles. The third-order valence-electron chi connectivity index (χ3n) is 4.44. The normalized spacial score (nSPS) is 24.3. The largest absolute Gasteiger partial charge is 0.380 e. The summed E-state index contributed by atoms with van der Waals surface area (Å²) in [4.78, 5) is 14.6. The van der Waals surface area contributed by atoms with Crippen molar-refractivity contribution in [2.75, 3.05) is 29.5 Å². The Bertz CT molecular complexity index is 549. The molecule has 2 N–H and O–H groups in total. The molecule has 0 saturated carbocycles. The quantitative estimate of drug-likeness (QED) is 0.886. The Morgan fingerprint density at radius 3 is 2.91 bits per heavy atom. The van der Waals surface area contributed by atoms with Crippen molar-refractivity contribution in [3.05, 3.63) is 29.3 Å². The average Bonchev–Trinajstić information content (AvgIpc) is 2.96. The summed E-state index contributed by atoms with van der Waals surface area (Å²) in [5.74, 6) is 1.50. The molecule has 3 rings (SSSR count). The number of nitrogens with one attached hydrogen (secondary N) is 1. The summed E-state index contributed by atoms with van der Waals surface area (Å²) in [7, 11) is 0. The molecule has 4 nitrogen and oxygen atoms in total. The van der Waals surface area contributed by atoms with Crippen molar-refractivity contribution in [2.45, 2.75) is 30.9 Å². The lowest BCUT2D eigenvalue weighted by Gasteiger charge is -2.31. The number of carbonyl (C=O) groups excluding carboxylic acids is 1. The second kappa shape index (κ2) is 6.69. The SMILES string of the molecule is O=C(NC1CCN(c2cccc(Cl)c2)C1)C1(O)CCSCC1. The summed E-state index contributed by atoms with van der Waals surface area (Å²) in [6.45, 7) is 1.65. The van der Waals surface area contributed by atoms with E-state index in [1.807, 2.05) is 24.3 Å². The van der Waals surface area contributed by atoms with Crippen LogP contribution in [-0.2, 0) is 4.79 Å². The number of rotatable bonds is 3. The van der Waals surface area contributed by atoms with E-state index in [4.69, 9.17) is 11.6 Å². The molecule has 120 valence electrons. The van der Waals surface area contributed by atoms with Crippen LogP contribution >= 0.6 is 23.4 Å². The molecule has 2 heterocycles. The maximum absolute atomic E-state index is 12.4. The van der Waals surface area contributed by atoms with Crippen molar-refractivity contribution in [2.24, 2.45) is 0 Å². The van der Waals surface area contributed by atoms with Crippen molar-refractivity contribution in [1.29, 1.82) is 0 Å². The number of nitrogens with zero attached hydrogens (tertiary/aromatic N) is 1. The van der Waals surface area contributed by atoms with Crippen molar-refractivity contribution in [3.63, 3.8) is 0 Å². The van der Waals surface area contributed by atoms with Crippen molar-refractivity contribution >= 4 is 35.0 Å². The molecule has 22 heavy (non-hydrogen) atoms. The lowest BCUT2D eigenvalue weighted by atomic mass is 9.95. The number of hydrogen-bond acceptors (Lipinski definition) is 4. The number of anilines is 1. The van der Waals surface area contributed by atoms with Crippen LogP contribution in [0, 0.1) is 0 Å². The molecule has 2 saturated heterocycles. The van der Waals surface area contributed by atoms with Gasteiger partial charge in [0.2, 0.25) is 0 Å². The van der Waals surface area contributed by atoms with Crippen LogP contribution in [0.4, 0.5) is 5.69 Å². The van der Waals surface area contributed by atoms with E-state index < -0.39 is 5.60 Å². The van der Waals surface area contributed by atoms with Crippen molar-refractivity contribution in [1.82, 2.24) is 5.32 Å². The number of carbonyl (C=O) groups is 1. The highest BCUT2D eigenvalue weighted by Gasteiger charge is 2.39. The third kappa shape index (κ3) is 3.53. The fraction of sp³-hybridized carbons (Fsp3) is 0.562. The van der Waals surface area contributed by atoms with Crippen LogP contribution in [0.15, 0.2) is 24.3 Å². The Morgan fingerprint density at radius 1 is 1.41 bits per heavy atom. The maximum Gasteiger partial charge on any atom is 0.252 e. The molecule has 2 aliphatic rings. The molecule has 0 aromatic heterocycles. The van der Waals surface area contributed by atoms with Crippen LogP contribution in [0.25, 0.3) is 0 Å². The van der Waals surface area contributed by atoms with Crippen LogP contribution in [0.5, 0.6) is 0 Å². The molecule has 1 aromatic carbocycles. The fourth-order valence-corrected chi connectivity index (χ4v) is 4.39. The molecular weight excluding hydrogens is 320 g/mol. The van der Waals surface area contributed by atoms with Crippen molar-refractivity contribution < 1.29 is 9.90 Å². The van der Waals surface area contributed by atoms with Gasteiger partial charge in [0.05, 0.1) is 0 Å². The second-order valence-corrected chi connectivity index (χ2v) is 7.69. The predicted molar refractivity (Wildman–Crippen MR) is 91.7 cm³/mol. The minimum atomic E-state index is -1.17. The number of halogens is 1. The third-order valence-corrected chi connectivity index (χ3v) is 5.66. The van der Waals surface area contributed by atoms with Gasteiger partial charge < -0.3 is 15.3 Å². The summed E-state index contributed by atoms with van der Waals surface area (Å²) in [5.41, 5.74) is -0.0913. The van der Waals surface area contributed by atoms with E-state index in [1.165, 1.54) is 0 Å². The summed E-state index contributed by atoms with van der Waals surface area (Å²) in [5, 5.41) is 14.2. The average molecular weight is 341 g/mol. The second-order valence-electron chi connectivity index (χ2n) is 6.03. The lowest BCUT2D eigenvalue weighted by Crippen LogP contribution is -2.52. The van der Waals surface area contributed by atoms with E-state index in [9.17, 15) is 9.90 Å². The van der Waals surface area contributed by atoms with Crippen LogP contribution < -0.4 is 10.2 Å². The Hall–Kier alpha value is -0.910. The van der Waals surface area contributed by atoms with Crippen LogP contribution in [-0.4, -0.2) is 47.3 Å². The Labute approximate surface area is 140 Å². The zero-order valence-electron chi connectivity index (χ0n) is 12.4. The van der Waals surface area contributed by atoms with E-state index in [0.717, 1.165) is 41.7 Å². The first kappa shape index (κ1) is 16.0. The molecule has 2 aliphatic heterocycles. The zero-order valence-corrected chi connectivity index (χ0v) is 14.0. The summed E-state index contributed by atoms with van der Waals surface area (Å²) < 4.78 is 0. The summed E-state index contributed by atoms with van der Waals surface area (Å²) >= 11 is 7.83. The first-order chi connectivity index (χ1) is 10.6. The molecule has 0 spiro atoms. The maximum atomic E-state index is 12.4. The number of hydrogen-bond donors (Lipinski definition) is 2. The van der Waals surface area contributed by atoms with E-state index in [1.54, 1.807) is 11.8 Å². The van der Waals surface area contributed by atoms with Gasteiger partial charge >= 0.3 is 0 Å². The van der Waals surface area contributed by atoms with Gasteiger partial charge in [-0.2, -0.15) is 11.8 Å². The monoisotopic (exact) mass is 340 g/mol. The standard InChI is InChI=1S/C16H21ClN2O2S/c17-12-2-1-3-14(10-12)19-7-4-13(11-19)18-15(20)16(21)5-8-22-9-6-16/h1-3,10,13,21H,4-9,11H2,(H,18,20). The van der Waals surface area contributed by atoms with Gasteiger partial charge in [-0.25, -0.2) is 0 Å². The highest BCUT2D eigenvalue weighted by atomic mass is 35.5. The topological polar surface area (TPSA) is 52.6 Å². The molecular formula is C16H21ClN2O2S. The van der Waals surface area contributed by atoms with Gasteiger partial charge in [0.25, 0.3) is 5.91 Å². The zero-order chi connectivity index (χ0) is 15.6. The Kier molecular flexibility index (Phi) is 4.85.